The number of rotatable bonds is 7. The van der Waals surface area contributed by atoms with E-state index in [2.05, 4.69) is 4.72 Å². The Morgan fingerprint density at radius 1 is 1.04 bits per heavy atom. The number of carbonyl (C=O) groups excluding carboxylic acids is 1. The third-order valence-electron chi connectivity index (χ3n) is 3.89. The first-order valence-electron chi connectivity index (χ1n) is 7.83. The van der Waals surface area contributed by atoms with Crippen LogP contribution in [0.4, 0.5) is 0 Å². The van der Waals surface area contributed by atoms with Crippen LogP contribution in [0.3, 0.4) is 0 Å². The molecule has 2 rings (SSSR count). The fourth-order valence-corrected chi connectivity index (χ4v) is 3.20. The fraction of sp³-hybridized carbons (Fsp3) is 0.278. The maximum atomic E-state index is 12.3. The van der Waals surface area contributed by atoms with Gasteiger partial charge in [0.2, 0.25) is 15.9 Å². The highest BCUT2D eigenvalue weighted by Gasteiger charge is 2.12. The lowest BCUT2D eigenvalue weighted by Crippen LogP contribution is -2.26. The van der Waals surface area contributed by atoms with Gasteiger partial charge in [0.15, 0.2) is 0 Å². The lowest BCUT2D eigenvalue weighted by atomic mass is 10.1. The minimum absolute atomic E-state index is 0.0295. The lowest BCUT2D eigenvalue weighted by Gasteiger charge is -2.17. The average molecular weight is 381 g/mol. The molecule has 0 atom stereocenters. The van der Waals surface area contributed by atoms with E-state index in [1.165, 1.54) is 7.05 Å². The van der Waals surface area contributed by atoms with Crippen LogP contribution in [-0.4, -0.2) is 33.3 Å². The standard InChI is InChI=1S/C18H21ClN2O3S/c1-20-25(23,24)17-10-5-14(6-11-17)7-12-18(22)21(2)13-15-3-8-16(19)9-4-15/h3-6,8-11,20H,7,12-13H2,1-2H3. The molecule has 1 amide bonds. The minimum Gasteiger partial charge on any atom is -0.341 e. The Kier molecular flexibility index (Phi) is 6.58. The molecule has 0 spiro atoms. The molecule has 0 aliphatic rings. The van der Waals surface area contributed by atoms with Crippen molar-refractivity contribution in [3.05, 3.63) is 64.7 Å². The van der Waals surface area contributed by atoms with Crippen molar-refractivity contribution in [2.24, 2.45) is 0 Å². The number of sulfonamides is 1. The Morgan fingerprint density at radius 3 is 2.16 bits per heavy atom. The topological polar surface area (TPSA) is 66.5 Å². The molecule has 0 aromatic heterocycles. The van der Waals surface area contributed by atoms with Crippen molar-refractivity contribution >= 4 is 27.5 Å². The van der Waals surface area contributed by atoms with Crippen LogP contribution in [0.25, 0.3) is 0 Å². The van der Waals surface area contributed by atoms with Crippen LogP contribution in [0.1, 0.15) is 17.5 Å². The first-order valence-corrected chi connectivity index (χ1v) is 9.69. The number of nitrogens with one attached hydrogen (secondary N) is 1. The second kappa shape index (κ2) is 8.47. The van der Waals surface area contributed by atoms with Gasteiger partial charge in [-0.1, -0.05) is 35.9 Å². The Balaban J connectivity index is 1.89. The number of halogens is 1. The van der Waals surface area contributed by atoms with Gasteiger partial charge >= 0.3 is 0 Å². The summed E-state index contributed by atoms with van der Waals surface area (Å²) < 4.78 is 25.6. The number of benzene rings is 2. The Bertz CT molecular complexity index is 818. The zero-order chi connectivity index (χ0) is 18.4. The molecular weight excluding hydrogens is 360 g/mol. The van der Waals surface area contributed by atoms with Crippen LogP contribution in [0, 0.1) is 0 Å². The van der Waals surface area contributed by atoms with Crippen LogP contribution in [0.2, 0.25) is 5.02 Å². The number of carbonyl (C=O) groups is 1. The van der Waals surface area contributed by atoms with Crippen molar-refractivity contribution in [2.75, 3.05) is 14.1 Å². The molecule has 0 radical (unpaired) electrons. The highest BCUT2D eigenvalue weighted by molar-refractivity contribution is 7.89. The summed E-state index contributed by atoms with van der Waals surface area (Å²) in [5, 5.41) is 0.668. The molecule has 0 aliphatic carbocycles. The van der Waals surface area contributed by atoms with Gasteiger partial charge in [0, 0.05) is 25.0 Å². The maximum Gasteiger partial charge on any atom is 0.240 e. The summed E-state index contributed by atoms with van der Waals surface area (Å²) in [7, 11) is -0.295. The molecule has 2 aromatic carbocycles. The van der Waals surface area contributed by atoms with Gasteiger partial charge in [0.25, 0.3) is 0 Å². The number of hydrogen-bond acceptors (Lipinski definition) is 3. The lowest BCUT2D eigenvalue weighted by molar-refractivity contribution is -0.130. The van der Waals surface area contributed by atoms with Crippen LogP contribution in [0.5, 0.6) is 0 Å². The second-order valence-electron chi connectivity index (χ2n) is 5.73. The molecule has 2 aromatic rings. The third kappa shape index (κ3) is 5.56. The van der Waals surface area contributed by atoms with Gasteiger partial charge in [0.1, 0.15) is 0 Å². The fourth-order valence-electron chi connectivity index (χ4n) is 2.35. The van der Waals surface area contributed by atoms with Gasteiger partial charge in [-0.25, -0.2) is 13.1 Å². The molecule has 7 heteroatoms. The monoisotopic (exact) mass is 380 g/mol. The van der Waals surface area contributed by atoms with E-state index in [4.69, 9.17) is 11.6 Å². The van der Waals surface area contributed by atoms with Gasteiger partial charge < -0.3 is 4.90 Å². The van der Waals surface area contributed by atoms with Gasteiger partial charge in [-0.15, -0.1) is 0 Å². The Morgan fingerprint density at radius 2 is 1.60 bits per heavy atom. The number of aryl methyl sites for hydroxylation is 1. The van der Waals surface area contributed by atoms with E-state index in [0.29, 0.717) is 24.4 Å². The van der Waals surface area contributed by atoms with E-state index < -0.39 is 10.0 Å². The number of amides is 1. The molecule has 0 unspecified atom stereocenters. The van der Waals surface area contributed by atoms with Crippen LogP contribution in [-0.2, 0) is 27.8 Å². The maximum absolute atomic E-state index is 12.3. The molecule has 0 aliphatic heterocycles. The summed E-state index contributed by atoms with van der Waals surface area (Å²) in [5.41, 5.74) is 1.94. The number of hydrogen-bond donors (Lipinski definition) is 1. The molecule has 0 bridgehead atoms. The largest absolute Gasteiger partial charge is 0.341 e. The Labute approximate surface area is 153 Å². The highest BCUT2D eigenvalue weighted by Crippen LogP contribution is 2.14. The van der Waals surface area contributed by atoms with Crippen LogP contribution >= 0.6 is 11.6 Å². The highest BCUT2D eigenvalue weighted by atomic mass is 35.5. The predicted octanol–water partition coefficient (Wildman–Crippen LogP) is 2.84. The molecule has 0 saturated carbocycles. The van der Waals surface area contributed by atoms with Gasteiger partial charge in [-0.2, -0.15) is 0 Å². The molecular formula is C18H21ClN2O3S. The average Bonchev–Trinajstić information content (AvgIpc) is 2.62. The first-order chi connectivity index (χ1) is 11.8. The van der Waals surface area contributed by atoms with E-state index >= 15 is 0 Å². The van der Waals surface area contributed by atoms with Gasteiger partial charge in [-0.3, -0.25) is 4.79 Å². The molecule has 0 fully saturated rings. The molecule has 1 N–H and O–H groups in total. The summed E-state index contributed by atoms with van der Waals surface area (Å²) in [5.74, 6) is 0.0295. The van der Waals surface area contributed by atoms with E-state index in [1.807, 2.05) is 12.1 Å². The van der Waals surface area contributed by atoms with Crippen molar-refractivity contribution in [1.82, 2.24) is 9.62 Å². The van der Waals surface area contributed by atoms with E-state index in [1.54, 1.807) is 48.3 Å². The quantitative estimate of drug-likeness (QED) is 0.803. The smallest absolute Gasteiger partial charge is 0.240 e. The molecule has 5 nitrogen and oxygen atoms in total. The molecule has 134 valence electrons. The zero-order valence-electron chi connectivity index (χ0n) is 14.2. The Hall–Kier alpha value is -1.89. The van der Waals surface area contributed by atoms with Crippen molar-refractivity contribution in [3.8, 4) is 0 Å². The first kappa shape index (κ1) is 19.4. The SMILES string of the molecule is CNS(=O)(=O)c1ccc(CCC(=O)N(C)Cc2ccc(Cl)cc2)cc1. The van der Waals surface area contributed by atoms with Crippen molar-refractivity contribution in [1.29, 1.82) is 0 Å². The molecule has 0 saturated heterocycles. The predicted molar refractivity (Wildman–Crippen MR) is 98.9 cm³/mol. The summed E-state index contributed by atoms with van der Waals surface area (Å²) in [6.45, 7) is 0.523. The van der Waals surface area contributed by atoms with E-state index in [9.17, 15) is 13.2 Å². The van der Waals surface area contributed by atoms with Crippen molar-refractivity contribution < 1.29 is 13.2 Å². The minimum atomic E-state index is -3.43. The van der Waals surface area contributed by atoms with E-state index in [0.717, 1.165) is 11.1 Å². The third-order valence-corrected chi connectivity index (χ3v) is 5.57. The molecule has 0 heterocycles. The normalized spacial score (nSPS) is 11.3. The van der Waals surface area contributed by atoms with E-state index in [-0.39, 0.29) is 10.8 Å². The van der Waals surface area contributed by atoms with Gasteiger partial charge in [-0.05, 0) is 48.9 Å². The summed E-state index contributed by atoms with van der Waals surface area (Å²) in [4.78, 5) is 14.1. The van der Waals surface area contributed by atoms with Crippen LogP contribution in [0.15, 0.2) is 53.4 Å². The summed E-state index contributed by atoms with van der Waals surface area (Å²) >= 11 is 5.85. The summed E-state index contributed by atoms with van der Waals surface area (Å²) in [6, 6.07) is 13.9. The van der Waals surface area contributed by atoms with Gasteiger partial charge in [0.05, 0.1) is 4.90 Å². The summed E-state index contributed by atoms with van der Waals surface area (Å²) in [6.07, 6.45) is 0.923. The van der Waals surface area contributed by atoms with Crippen molar-refractivity contribution in [2.45, 2.75) is 24.3 Å². The van der Waals surface area contributed by atoms with Crippen molar-refractivity contribution in [3.63, 3.8) is 0 Å². The molecule has 25 heavy (non-hydrogen) atoms. The zero-order valence-corrected chi connectivity index (χ0v) is 15.8. The van der Waals surface area contributed by atoms with Crippen LogP contribution < -0.4 is 4.72 Å². The number of nitrogens with zero attached hydrogens (tertiary/aromatic N) is 1. The second-order valence-corrected chi connectivity index (χ2v) is 8.05.